The summed E-state index contributed by atoms with van der Waals surface area (Å²) < 4.78 is 59.0. The Morgan fingerprint density at radius 3 is 2.49 bits per heavy atom. The molecule has 2 fully saturated rings. The second kappa shape index (κ2) is 9.78. The molecule has 1 aromatic carbocycles. The molecular formula is C29H33F4N7O. The number of aromatic nitrogens is 4. The smallest absolute Gasteiger partial charge is 0.370 e. The van der Waals surface area contributed by atoms with Crippen LogP contribution in [0.15, 0.2) is 30.6 Å². The zero-order chi connectivity index (χ0) is 29.2. The van der Waals surface area contributed by atoms with Crippen molar-refractivity contribution in [3.63, 3.8) is 0 Å². The third-order valence-electron chi connectivity index (χ3n) is 8.86. The van der Waals surface area contributed by atoms with Gasteiger partial charge in [-0.3, -0.25) is 9.69 Å². The summed E-state index contributed by atoms with van der Waals surface area (Å²) in [4.78, 5) is 19.6. The number of benzene rings is 1. The number of fused-ring (bicyclic) bond motifs is 1. The van der Waals surface area contributed by atoms with Crippen molar-refractivity contribution >= 4 is 17.5 Å². The van der Waals surface area contributed by atoms with E-state index in [0.29, 0.717) is 29.3 Å². The van der Waals surface area contributed by atoms with Crippen LogP contribution in [0, 0.1) is 0 Å². The Morgan fingerprint density at radius 1 is 1.15 bits per heavy atom. The summed E-state index contributed by atoms with van der Waals surface area (Å²) in [5.41, 5.74) is -0.633. The highest BCUT2D eigenvalue weighted by atomic mass is 19.4. The third kappa shape index (κ3) is 4.75. The van der Waals surface area contributed by atoms with Gasteiger partial charge in [0, 0.05) is 31.2 Å². The van der Waals surface area contributed by atoms with E-state index in [0.717, 1.165) is 25.3 Å². The lowest BCUT2D eigenvalue weighted by Gasteiger charge is -2.43. The largest absolute Gasteiger partial charge is 0.416 e. The van der Waals surface area contributed by atoms with Crippen LogP contribution in [-0.2, 0) is 31.7 Å². The Morgan fingerprint density at radius 2 is 1.90 bits per heavy atom. The van der Waals surface area contributed by atoms with Crippen LogP contribution in [0.25, 0.3) is 0 Å². The third-order valence-corrected chi connectivity index (χ3v) is 8.86. The highest BCUT2D eigenvalue weighted by Crippen LogP contribution is 2.51. The Bertz CT molecular complexity index is 1490. The zero-order valence-corrected chi connectivity index (χ0v) is 23.3. The molecule has 3 aromatic rings. The van der Waals surface area contributed by atoms with Crippen molar-refractivity contribution in [2.45, 2.75) is 82.3 Å². The van der Waals surface area contributed by atoms with Gasteiger partial charge < -0.3 is 15.2 Å². The van der Waals surface area contributed by atoms with Gasteiger partial charge in [-0.25, -0.2) is 9.37 Å². The second-order valence-electron chi connectivity index (χ2n) is 11.8. The van der Waals surface area contributed by atoms with Gasteiger partial charge >= 0.3 is 6.18 Å². The standard InChI is InChI=1S/C29H33F4N7O/c1-4-34-23-10-18(28(12-19(30)13-28)26-38-36-16-39(26)3)11-24(37-23)40-15-21-20(25(40)41)8-17(9-22(21)29(31,32)33)14-35-27(2)6-5-7-27/h8-11,16,19,35H,4-7,12-15H2,1-3H3,(H,34,37). The van der Waals surface area contributed by atoms with Crippen molar-refractivity contribution in [3.05, 3.63) is 64.2 Å². The Kier molecular flexibility index (Phi) is 6.59. The first-order chi connectivity index (χ1) is 19.4. The van der Waals surface area contributed by atoms with E-state index >= 15 is 0 Å². The van der Waals surface area contributed by atoms with Crippen LogP contribution in [0.5, 0.6) is 0 Å². The minimum Gasteiger partial charge on any atom is -0.370 e. The van der Waals surface area contributed by atoms with E-state index in [2.05, 4.69) is 32.7 Å². The monoisotopic (exact) mass is 571 g/mol. The van der Waals surface area contributed by atoms with Gasteiger partial charge in [-0.2, -0.15) is 13.2 Å². The van der Waals surface area contributed by atoms with Crippen LogP contribution in [0.2, 0.25) is 0 Å². The summed E-state index contributed by atoms with van der Waals surface area (Å²) in [5, 5.41) is 14.8. The van der Waals surface area contributed by atoms with E-state index in [-0.39, 0.29) is 48.4 Å². The van der Waals surface area contributed by atoms with E-state index in [9.17, 15) is 22.4 Å². The minimum absolute atomic E-state index is 0.0306. The lowest BCUT2D eigenvalue weighted by molar-refractivity contribution is -0.138. The Balaban J connectivity index is 1.40. The van der Waals surface area contributed by atoms with Gasteiger partial charge in [0.1, 0.15) is 30.0 Å². The molecule has 0 atom stereocenters. The van der Waals surface area contributed by atoms with Crippen LogP contribution < -0.4 is 15.5 Å². The number of rotatable bonds is 8. The average molecular weight is 572 g/mol. The summed E-state index contributed by atoms with van der Waals surface area (Å²) in [5.74, 6) is 0.693. The van der Waals surface area contributed by atoms with Gasteiger partial charge in [0.05, 0.1) is 17.5 Å². The molecule has 3 aliphatic rings. The maximum atomic E-state index is 14.4. The number of aryl methyl sites for hydroxylation is 1. The van der Waals surface area contributed by atoms with Crippen molar-refractivity contribution < 1.29 is 22.4 Å². The molecule has 2 saturated carbocycles. The van der Waals surface area contributed by atoms with E-state index in [4.69, 9.17) is 0 Å². The SMILES string of the molecule is CCNc1cc(C2(c3nncn3C)CC(F)C2)cc(N2Cc3c(cc(CNC4(C)CCC4)cc3C(F)(F)F)C2=O)n1. The normalized spacial score (nSPS) is 23.2. The highest BCUT2D eigenvalue weighted by molar-refractivity contribution is 6.10. The fraction of sp³-hybridized carbons (Fsp3) is 0.517. The molecule has 0 bridgehead atoms. The highest BCUT2D eigenvalue weighted by Gasteiger charge is 2.51. The molecule has 2 aliphatic carbocycles. The molecule has 41 heavy (non-hydrogen) atoms. The number of hydrogen-bond donors (Lipinski definition) is 2. The number of anilines is 2. The topological polar surface area (TPSA) is 88.0 Å². The summed E-state index contributed by atoms with van der Waals surface area (Å²) >= 11 is 0. The van der Waals surface area contributed by atoms with Crippen LogP contribution in [0.4, 0.5) is 29.2 Å². The molecule has 6 rings (SSSR count). The number of carbonyl (C=O) groups excluding carboxylic acids is 1. The maximum Gasteiger partial charge on any atom is 0.416 e. The summed E-state index contributed by atoms with van der Waals surface area (Å²) in [6.45, 7) is 4.45. The minimum atomic E-state index is -4.63. The van der Waals surface area contributed by atoms with Gasteiger partial charge in [-0.05, 0) is 86.9 Å². The van der Waals surface area contributed by atoms with Gasteiger partial charge in [0.25, 0.3) is 5.91 Å². The number of halogens is 4. The number of carbonyl (C=O) groups is 1. The lowest BCUT2D eigenvalue weighted by atomic mass is 9.62. The van der Waals surface area contributed by atoms with E-state index in [1.54, 1.807) is 36.1 Å². The van der Waals surface area contributed by atoms with E-state index in [1.165, 1.54) is 4.90 Å². The number of amides is 1. The Labute approximate surface area is 235 Å². The van der Waals surface area contributed by atoms with Gasteiger partial charge in [0.2, 0.25) is 0 Å². The van der Waals surface area contributed by atoms with Gasteiger partial charge in [0.15, 0.2) is 0 Å². The first kappa shape index (κ1) is 27.6. The van der Waals surface area contributed by atoms with Crippen molar-refractivity contribution in [1.29, 1.82) is 0 Å². The molecule has 2 aromatic heterocycles. The van der Waals surface area contributed by atoms with Crippen LogP contribution >= 0.6 is 0 Å². The van der Waals surface area contributed by atoms with Crippen LogP contribution in [0.3, 0.4) is 0 Å². The molecule has 0 saturated heterocycles. The van der Waals surface area contributed by atoms with Crippen molar-refractivity contribution in [2.24, 2.45) is 7.05 Å². The van der Waals surface area contributed by atoms with Gasteiger partial charge in [-0.1, -0.05) is 0 Å². The summed E-state index contributed by atoms with van der Waals surface area (Å²) in [6, 6.07) is 6.20. The maximum absolute atomic E-state index is 14.4. The molecular weight excluding hydrogens is 538 g/mol. The van der Waals surface area contributed by atoms with Crippen molar-refractivity contribution in [3.8, 4) is 0 Å². The molecule has 1 amide bonds. The molecule has 0 radical (unpaired) electrons. The molecule has 12 heteroatoms. The lowest BCUT2D eigenvalue weighted by Crippen LogP contribution is -2.47. The van der Waals surface area contributed by atoms with Crippen LogP contribution in [0.1, 0.15) is 84.4 Å². The van der Waals surface area contributed by atoms with Crippen LogP contribution in [-0.4, -0.2) is 43.9 Å². The predicted octanol–water partition coefficient (Wildman–Crippen LogP) is 5.27. The summed E-state index contributed by atoms with van der Waals surface area (Å²) in [6.07, 6.45) is -0.748. The van der Waals surface area contributed by atoms with Crippen molar-refractivity contribution in [1.82, 2.24) is 25.1 Å². The average Bonchev–Trinajstić information content (AvgIpc) is 3.46. The molecule has 0 unspecified atom stereocenters. The summed E-state index contributed by atoms with van der Waals surface area (Å²) in [7, 11) is 1.78. The number of nitrogens with one attached hydrogen (secondary N) is 2. The molecule has 3 heterocycles. The van der Waals surface area contributed by atoms with Crippen molar-refractivity contribution in [2.75, 3.05) is 16.8 Å². The van der Waals surface area contributed by atoms with Gasteiger partial charge in [-0.15, -0.1) is 10.2 Å². The molecule has 218 valence electrons. The fourth-order valence-electron chi connectivity index (χ4n) is 6.37. The number of hydrogen-bond acceptors (Lipinski definition) is 6. The molecule has 8 nitrogen and oxygen atoms in total. The predicted molar refractivity (Wildman–Crippen MR) is 145 cm³/mol. The Hall–Kier alpha value is -3.54. The molecule has 1 aliphatic heterocycles. The first-order valence-electron chi connectivity index (χ1n) is 14.0. The number of pyridine rings is 1. The number of nitrogens with zero attached hydrogens (tertiary/aromatic N) is 5. The molecule has 0 spiro atoms. The zero-order valence-electron chi connectivity index (χ0n) is 23.3. The second-order valence-corrected chi connectivity index (χ2v) is 11.8. The fourth-order valence-corrected chi connectivity index (χ4v) is 6.37. The first-order valence-corrected chi connectivity index (χ1v) is 14.0. The quantitative estimate of drug-likeness (QED) is 0.358. The van der Waals surface area contributed by atoms with E-state index in [1.807, 2.05) is 6.92 Å². The number of alkyl halides is 4. The molecule has 2 N–H and O–H groups in total. The van der Waals surface area contributed by atoms with E-state index < -0.39 is 29.2 Å².